The van der Waals surface area contributed by atoms with Gasteiger partial charge in [0.15, 0.2) is 0 Å². The zero-order chi connectivity index (χ0) is 11.5. The molecule has 0 aromatic rings. The highest BCUT2D eigenvalue weighted by Crippen LogP contribution is 2.27. The summed E-state index contributed by atoms with van der Waals surface area (Å²) in [5.41, 5.74) is 0. The predicted molar refractivity (Wildman–Crippen MR) is 56.6 cm³/mol. The van der Waals surface area contributed by atoms with E-state index in [1.54, 1.807) is 0 Å². The first-order valence-corrected chi connectivity index (χ1v) is 7.00. The Morgan fingerprint density at radius 2 is 1.87 bits per heavy atom. The molecule has 1 fully saturated rings. The maximum atomic E-state index is 11.2. The van der Waals surface area contributed by atoms with Crippen molar-refractivity contribution in [1.29, 1.82) is 0 Å². The van der Waals surface area contributed by atoms with Crippen LogP contribution in [0, 0.1) is 5.92 Å². The Morgan fingerprint density at radius 3 is 2.27 bits per heavy atom. The zero-order valence-electron chi connectivity index (χ0n) is 8.77. The molecule has 15 heavy (non-hydrogen) atoms. The number of nitrogens with one attached hydrogen (secondary N) is 1. The second kappa shape index (κ2) is 4.83. The number of carbonyl (C=O) groups is 1. The summed E-state index contributed by atoms with van der Waals surface area (Å²) in [6.45, 7) is 0.436. The van der Waals surface area contributed by atoms with E-state index < -0.39 is 15.9 Å². The van der Waals surface area contributed by atoms with Crippen LogP contribution in [0.2, 0.25) is 0 Å². The third kappa shape index (κ3) is 4.07. The van der Waals surface area contributed by atoms with Gasteiger partial charge in [-0.3, -0.25) is 0 Å². The van der Waals surface area contributed by atoms with Crippen LogP contribution in [-0.4, -0.2) is 37.7 Å². The van der Waals surface area contributed by atoms with Gasteiger partial charge < -0.3 is 10.4 Å². The average molecular weight is 235 g/mol. The molecular formula is C9H17NO4S. The van der Waals surface area contributed by atoms with Crippen LogP contribution in [0.15, 0.2) is 0 Å². The fraction of sp³-hybridized carbons (Fsp3) is 0.889. The molecule has 0 unspecified atom stereocenters. The van der Waals surface area contributed by atoms with Crippen LogP contribution < -0.4 is 5.32 Å². The van der Waals surface area contributed by atoms with Crippen LogP contribution in [0.5, 0.6) is 0 Å². The highest BCUT2D eigenvalue weighted by molar-refractivity contribution is 7.91. The Hall–Kier alpha value is -0.780. The molecule has 0 aromatic carbocycles. The first-order valence-electron chi connectivity index (χ1n) is 5.05. The van der Waals surface area contributed by atoms with Crippen molar-refractivity contribution in [2.24, 2.45) is 5.92 Å². The SMILES string of the molecule is CS(=O)(=O)C1CCC(CNC(=O)O)CC1. The van der Waals surface area contributed by atoms with Crippen LogP contribution >= 0.6 is 0 Å². The monoisotopic (exact) mass is 235 g/mol. The number of hydrogen-bond acceptors (Lipinski definition) is 3. The Kier molecular flexibility index (Phi) is 3.96. The van der Waals surface area contributed by atoms with E-state index >= 15 is 0 Å². The van der Waals surface area contributed by atoms with Gasteiger partial charge in [0.05, 0.1) is 5.25 Å². The molecule has 0 aliphatic heterocycles. The number of carboxylic acid groups (broad SMARTS) is 1. The number of rotatable bonds is 3. The van der Waals surface area contributed by atoms with Gasteiger partial charge in [-0.1, -0.05) is 0 Å². The van der Waals surface area contributed by atoms with Crippen LogP contribution in [0.3, 0.4) is 0 Å². The quantitative estimate of drug-likeness (QED) is 0.760. The molecule has 1 amide bonds. The summed E-state index contributed by atoms with van der Waals surface area (Å²) in [6, 6.07) is 0. The van der Waals surface area contributed by atoms with E-state index in [9.17, 15) is 13.2 Å². The van der Waals surface area contributed by atoms with Crippen molar-refractivity contribution < 1.29 is 18.3 Å². The second-order valence-corrected chi connectivity index (χ2v) is 6.48. The standard InChI is InChI=1S/C9H17NO4S/c1-15(13,14)8-4-2-7(3-5-8)6-10-9(11)12/h7-8,10H,2-6H2,1H3,(H,11,12). The highest BCUT2D eigenvalue weighted by atomic mass is 32.2. The van der Waals surface area contributed by atoms with Crippen LogP contribution in [0.4, 0.5) is 4.79 Å². The van der Waals surface area contributed by atoms with Crippen molar-refractivity contribution in [3.05, 3.63) is 0 Å². The maximum Gasteiger partial charge on any atom is 0.404 e. The molecular weight excluding hydrogens is 218 g/mol. The molecule has 0 aromatic heterocycles. The number of amides is 1. The van der Waals surface area contributed by atoms with Gasteiger partial charge in [-0.15, -0.1) is 0 Å². The fourth-order valence-electron chi connectivity index (χ4n) is 2.00. The van der Waals surface area contributed by atoms with Crippen molar-refractivity contribution in [2.75, 3.05) is 12.8 Å². The van der Waals surface area contributed by atoms with Gasteiger partial charge in [0, 0.05) is 12.8 Å². The first kappa shape index (κ1) is 12.3. The average Bonchev–Trinajstić information content (AvgIpc) is 2.14. The van der Waals surface area contributed by atoms with Crippen molar-refractivity contribution in [1.82, 2.24) is 5.32 Å². The lowest BCUT2D eigenvalue weighted by atomic mass is 9.89. The number of sulfone groups is 1. The first-order chi connectivity index (χ1) is 6.89. The van der Waals surface area contributed by atoms with E-state index in [0.717, 1.165) is 12.8 Å². The van der Waals surface area contributed by atoms with E-state index in [1.807, 2.05) is 0 Å². The molecule has 0 saturated heterocycles. The molecule has 0 spiro atoms. The van der Waals surface area contributed by atoms with Gasteiger partial charge in [-0.05, 0) is 31.6 Å². The van der Waals surface area contributed by atoms with Gasteiger partial charge in [-0.25, -0.2) is 13.2 Å². The minimum atomic E-state index is -2.92. The van der Waals surface area contributed by atoms with E-state index in [4.69, 9.17) is 5.11 Å². The lowest BCUT2D eigenvalue weighted by Crippen LogP contribution is -2.33. The largest absolute Gasteiger partial charge is 0.465 e. The predicted octanol–water partition coefficient (Wildman–Crippen LogP) is 0.857. The summed E-state index contributed by atoms with van der Waals surface area (Å²) in [7, 11) is -2.92. The summed E-state index contributed by atoms with van der Waals surface area (Å²) in [6.07, 6.45) is 3.15. The highest BCUT2D eigenvalue weighted by Gasteiger charge is 2.27. The molecule has 1 aliphatic rings. The Balaban J connectivity index is 2.33. The molecule has 2 N–H and O–H groups in total. The molecule has 0 bridgehead atoms. The van der Waals surface area contributed by atoms with Crippen molar-refractivity contribution >= 4 is 15.9 Å². The Bertz CT molecular complexity index is 317. The van der Waals surface area contributed by atoms with Gasteiger partial charge >= 0.3 is 6.09 Å². The van der Waals surface area contributed by atoms with Gasteiger partial charge in [0.1, 0.15) is 9.84 Å². The fourth-order valence-corrected chi connectivity index (χ4v) is 3.12. The molecule has 5 nitrogen and oxygen atoms in total. The Labute approximate surface area is 89.8 Å². The summed E-state index contributed by atoms with van der Waals surface area (Å²) in [5, 5.41) is 10.5. The third-order valence-corrected chi connectivity index (χ3v) is 4.62. The molecule has 88 valence electrons. The van der Waals surface area contributed by atoms with Crippen LogP contribution in [0.25, 0.3) is 0 Å². The van der Waals surface area contributed by atoms with Crippen molar-refractivity contribution in [3.63, 3.8) is 0 Å². The van der Waals surface area contributed by atoms with E-state index in [-0.39, 0.29) is 5.25 Å². The molecule has 0 atom stereocenters. The molecule has 0 radical (unpaired) electrons. The van der Waals surface area contributed by atoms with Crippen LogP contribution in [0.1, 0.15) is 25.7 Å². The number of hydrogen-bond donors (Lipinski definition) is 2. The third-order valence-electron chi connectivity index (χ3n) is 2.94. The summed E-state index contributed by atoms with van der Waals surface area (Å²) in [4.78, 5) is 10.3. The molecule has 1 saturated carbocycles. The minimum absolute atomic E-state index is 0.224. The van der Waals surface area contributed by atoms with Crippen molar-refractivity contribution in [3.8, 4) is 0 Å². The Morgan fingerprint density at radius 1 is 1.33 bits per heavy atom. The minimum Gasteiger partial charge on any atom is -0.465 e. The molecule has 6 heteroatoms. The second-order valence-electron chi connectivity index (χ2n) is 4.16. The smallest absolute Gasteiger partial charge is 0.404 e. The molecule has 1 aliphatic carbocycles. The summed E-state index contributed by atoms with van der Waals surface area (Å²) < 4.78 is 22.5. The molecule has 1 rings (SSSR count). The summed E-state index contributed by atoms with van der Waals surface area (Å²) in [5.74, 6) is 0.291. The normalized spacial score (nSPS) is 27.3. The van der Waals surface area contributed by atoms with E-state index in [1.165, 1.54) is 6.26 Å². The van der Waals surface area contributed by atoms with Gasteiger partial charge in [0.2, 0.25) is 0 Å². The topological polar surface area (TPSA) is 83.5 Å². The van der Waals surface area contributed by atoms with E-state index in [0.29, 0.717) is 25.3 Å². The van der Waals surface area contributed by atoms with Gasteiger partial charge in [0.25, 0.3) is 0 Å². The van der Waals surface area contributed by atoms with Crippen LogP contribution in [-0.2, 0) is 9.84 Å². The lowest BCUT2D eigenvalue weighted by molar-refractivity contribution is 0.190. The summed E-state index contributed by atoms with van der Waals surface area (Å²) >= 11 is 0. The lowest BCUT2D eigenvalue weighted by Gasteiger charge is -2.27. The van der Waals surface area contributed by atoms with Gasteiger partial charge in [-0.2, -0.15) is 0 Å². The molecule has 0 heterocycles. The maximum absolute atomic E-state index is 11.2. The van der Waals surface area contributed by atoms with Crippen molar-refractivity contribution in [2.45, 2.75) is 30.9 Å². The van der Waals surface area contributed by atoms with E-state index in [2.05, 4.69) is 5.32 Å². The zero-order valence-corrected chi connectivity index (χ0v) is 9.59.